The molecule has 1 aliphatic heterocycles. The molecule has 11 heavy (non-hydrogen) atoms. The normalized spacial score (nSPS) is 23.6. The van der Waals surface area contributed by atoms with Crippen molar-refractivity contribution in [3.05, 3.63) is 5.70 Å². The monoisotopic (exact) mass is 154 g/mol. The van der Waals surface area contributed by atoms with Crippen LogP contribution in [0.25, 0.3) is 0 Å². The Morgan fingerprint density at radius 3 is 3.00 bits per heavy atom. The Morgan fingerprint density at radius 1 is 1.73 bits per heavy atom. The molecule has 1 heterocycles. The first kappa shape index (κ1) is 7.82. The predicted octanol–water partition coefficient (Wildman–Crippen LogP) is -0.813. The fourth-order valence-corrected chi connectivity index (χ4v) is 1.14. The van der Waals surface area contributed by atoms with Crippen molar-refractivity contribution < 1.29 is 9.59 Å². The van der Waals surface area contributed by atoms with Gasteiger partial charge < -0.3 is 11.1 Å². The summed E-state index contributed by atoms with van der Waals surface area (Å²) in [5.41, 5.74) is 5.53. The lowest BCUT2D eigenvalue weighted by molar-refractivity contribution is -0.122. The van der Waals surface area contributed by atoms with Crippen molar-refractivity contribution in [3.63, 3.8) is 0 Å². The van der Waals surface area contributed by atoms with Gasteiger partial charge in [-0.1, -0.05) is 0 Å². The summed E-state index contributed by atoms with van der Waals surface area (Å²) < 4.78 is 0. The minimum atomic E-state index is -0.334. The first-order chi connectivity index (χ1) is 5.24. The standard InChI is InChI=1S/C7H10N2O2/c8-7(11)5-1-2-9-6(3-5)4-10/h5,9H,1-3H2,(H2,8,11). The maximum atomic E-state index is 10.7. The number of rotatable bonds is 1. The van der Waals surface area contributed by atoms with Crippen LogP contribution < -0.4 is 11.1 Å². The maximum Gasteiger partial charge on any atom is 0.221 e. The zero-order valence-electron chi connectivity index (χ0n) is 6.09. The topological polar surface area (TPSA) is 72.2 Å². The Kier molecular flexibility index (Phi) is 2.28. The van der Waals surface area contributed by atoms with Crippen LogP contribution in [0.3, 0.4) is 0 Å². The minimum Gasteiger partial charge on any atom is -0.379 e. The number of amides is 1. The molecule has 1 amide bonds. The molecular formula is C7H10N2O2. The summed E-state index contributed by atoms with van der Waals surface area (Å²) in [4.78, 5) is 20.8. The molecule has 0 radical (unpaired) electrons. The van der Waals surface area contributed by atoms with Crippen molar-refractivity contribution in [2.45, 2.75) is 12.8 Å². The molecule has 1 aliphatic rings. The van der Waals surface area contributed by atoms with E-state index >= 15 is 0 Å². The molecular weight excluding hydrogens is 144 g/mol. The molecule has 0 aromatic heterocycles. The zero-order chi connectivity index (χ0) is 8.27. The van der Waals surface area contributed by atoms with Crippen molar-refractivity contribution in [2.24, 2.45) is 11.7 Å². The first-order valence-corrected chi connectivity index (χ1v) is 3.51. The van der Waals surface area contributed by atoms with Gasteiger partial charge in [0.25, 0.3) is 0 Å². The fraction of sp³-hybridized carbons (Fsp3) is 0.571. The lowest BCUT2D eigenvalue weighted by atomic mass is 9.96. The predicted molar refractivity (Wildman–Crippen MR) is 39.1 cm³/mol. The van der Waals surface area contributed by atoms with Crippen molar-refractivity contribution >= 4 is 11.8 Å². The molecule has 1 fully saturated rings. The number of allylic oxidation sites excluding steroid dienone is 1. The van der Waals surface area contributed by atoms with Gasteiger partial charge in [-0.3, -0.25) is 4.79 Å². The maximum absolute atomic E-state index is 10.7. The molecule has 0 aromatic carbocycles. The largest absolute Gasteiger partial charge is 0.379 e. The average Bonchev–Trinajstić information content (AvgIpc) is 2.05. The lowest BCUT2D eigenvalue weighted by Gasteiger charge is -2.20. The van der Waals surface area contributed by atoms with Crippen LogP contribution in [0.1, 0.15) is 12.8 Å². The molecule has 1 rings (SSSR count). The third-order valence-corrected chi connectivity index (χ3v) is 1.81. The van der Waals surface area contributed by atoms with Crippen LogP contribution >= 0.6 is 0 Å². The van der Waals surface area contributed by atoms with Gasteiger partial charge in [-0.25, -0.2) is 4.79 Å². The van der Waals surface area contributed by atoms with Crippen LogP contribution in [0, 0.1) is 5.92 Å². The van der Waals surface area contributed by atoms with Gasteiger partial charge in [0, 0.05) is 18.9 Å². The molecule has 0 spiro atoms. The van der Waals surface area contributed by atoms with Gasteiger partial charge in [-0.2, -0.15) is 0 Å². The number of nitrogens with two attached hydrogens (primary N) is 1. The van der Waals surface area contributed by atoms with Crippen molar-refractivity contribution in [1.29, 1.82) is 0 Å². The third kappa shape index (κ3) is 1.82. The Bertz CT molecular complexity index is 218. The van der Waals surface area contributed by atoms with Crippen LogP contribution in [0.4, 0.5) is 0 Å². The van der Waals surface area contributed by atoms with E-state index in [9.17, 15) is 9.59 Å². The molecule has 1 unspecified atom stereocenters. The minimum absolute atomic E-state index is 0.187. The Labute approximate surface area is 64.4 Å². The van der Waals surface area contributed by atoms with Gasteiger partial charge in [0.1, 0.15) is 5.94 Å². The SMILES string of the molecule is NC(=O)C1CCNC(=C=O)C1. The van der Waals surface area contributed by atoms with Crippen LogP contribution in [-0.2, 0) is 9.59 Å². The second-order valence-corrected chi connectivity index (χ2v) is 2.60. The van der Waals surface area contributed by atoms with E-state index in [-0.39, 0.29) is 11.8 Å². The molecule has 1 atom stereocenters. The van der Waals surface area contributed by atoms with E-state index in [0.717, 1.165) is 0 Å². The van der Waals surface area contributed by atoms with Crippen LogP contribution in [0.15, 0.2) is 5.70 Å². The highest BCUT2D eigenvalue weighted by Crippen LogP contribution is 2.15. The Hall–Kier alpha value is -1.28. The molecule has 0 aliphatic carbocycles. The van der Waals surface area contributed by atoms with Gasteiger partial charge in [0.2, 0.25) is 5.91 Å². The van der Waals surface area contributed by atoms with Crippen molar-refractivity contribution in [1.82, 2.24) is 5.32 Å². The number of hydrogen-bond donors (Lipinski definition) is 2. The van der Waals surface area contributed by atoms with E-state index in [1.807, 2.05) is 0 Å². The summed E-state index contributed by atoms with van der Waals surface area (Å²) in [5, 5.41) is 2.84. The average molecular weight is 154 g/mol. The summed E-state index contributed by atoms with van der Waals surface area (Å²) in [6.07, 6.45) is 1.12. The van der Waals surface area contributed by atoms with Crippen LogP contribution in [0.2, 0.25) is 0 Å². The smallest absolute Gasteiger partial charge is 0.221 e. The molecule has 0 saturated carbocycles. The molecule has 4 heteroatoms. The highest BCUT2D eigenvalue weighted by atomic mass is 16.1. The molecule has 60 valence electrons. The van der Waals surface area contributed by atoms with Crippen molar-refractivity contribution in [2.75, 3.05) is 6.54 Å². The van der Waals surface area contributed by atoms with Gasteiger partial charge in [0.05, 0.1) is 5.70 Å². The number of carbonyl (C=O) groups is 1. The van der Waals surface area contributed by atoms with Gasteiger partial charge in [-0.05, 0) is 6.42 Å². The van der Waals surface area contributed by atoms with E-state index in [2.05, 4.69) is 5.32 Å². The van der Waals surface area contributed by atoms with E-state index in [1.54, 1.807) is 5.94 Å². The molecule has 1 saturated heterocycles. The van der Waals surface area contributed by atoms with E-state index < -0.39 is 0 Å². The number of hydrogen-bond acceptors (Lipinski definition) is 3. The van der Waals surface area contributed by atoms with E-state index in [0.29, 0.717) is 25.1 Å². The molecule has 4 nitrogen and oxygen atoms in total. The summed E-state index contributed by atoms with van der Waals surface area (Å²) in [5.74, 6) is 1.22. The summed E-state index contributed by atoms with van der Waals surface area (Å²) >= 11 is 0. The third-order valence-electron chi connectivity index (χ3n) is 1.81. The fourth-order valence-electron chi connectivity index (χ4n) is 1.14. The van der Waals surface area contributed by atoms with Gasteiger partial charge in [-0.15, -0.1) is 0 Å². The number of nitrogens with one attached hydrogen (secondary N) is 1. The zero-order valence-corrected chi connectivity index (χ0v) is 6.09. The second kappa shape index (κ2) is 3.21. The number of primary amides is 1. The highest BCUT2D eigenvalue weighted by molar-refractivity contribution is 5.77. The number of carbonyl (C=O) groups excluding carboxylic acids is 2. The lowest BCUT2D eigenvalue weighted by Crippen LogP contribution is -2.34. The molecule has 3 N–H and O–H groups in total. The quantitative estimate of drug-likeness (QED) is 0.485. The van der Waals surface area contributed by atoms with Crippen LogP contribution in [-0.4, -0.2) is 18.4 Å². The van der Waals surface area contributed by atoms with Crippen molar-refractivity contribution in [3.8, 4) is 0 Å². The second-order valence-electron chi connectivity index (χ2n) is 2.60. The summed E-state index contributed by atoms with van der Waals surface area (Å²) in [6.45, 7) is 0.637. The van der Waals surface area contributed by atoms with E-state index in [4.69, 9.17) is 5.73 Å². The Morgan fingerprint density at radius 2 is 2.45 bits per heavy atom. The number of piperidine rings is 1. The molecule has 0 bridgehead atoms. The summed E-state index contributed by atoms with van der Waals surface area (Å²) in [7, 11) is 0. The summed E-state index contributed by atoms with van der Waals surface area (Å²) in [6, 6.07) is 0. The van der Waals surface area contributed by atoms with Crippen LogP contribution in [0.5, 0.6) is 0 Å². The first-order valence-electron chi connectivity index (χ1n) is 3.51. The van der Waals surface area contributed by atoms with Gasteiger partial charge >= 0.3 is 0 Å². The highest BCUT2D eigenvalue weighted by Gasteiger charge is 2.21. The van der Waals surface area contributed by atoms with Gasteiger partial charge in [0.15, 0.2) is 0 Å². The molecule has 0 aromatic rings. The Balaban J connectivity index is 2.60. The van der Waals surface area contributed by atoms with E-state index in [1.165, 1.54) is 0 Å².